The number of rotatable bonds is 2. The molecule has 0 aromatic heterocycles. The summed E-state index contributed by atoms with van der Waals surface area (Å²) in [5, 5.41) is 3.42. The summed E-state index contributed by atoms with van der Waals surface area (Å²) in [5.41, 5.74) is 2.76. The average molecular weight is 253 g/mol. The van der Waals surface area contributed by atoms with Gasteiger partial charge in [-0.15, -0.1) is 0 Å². The van der Waals surface area contributed by atoms with Crippen molar-refractivity contribution < 1.29 is 9.53 Å². The van der Waals surface area contributed by atoms with E-state index in [2.05, 4.69) is 5.32 Å². The standard InChI is InChI=1S/C16H15NO2/c1-19-12-6-4-5-11(9-12)15-10-16(18)13-7-2-3-8-14(13)17-15/h2-9,15,17H,10H2,1H3/t15-/m0/s1. The zero-order chi connectivity index (χ0) is 13.2. The molecule has 1 N–H and O–H groups in total. The van der Waals surface area contributed by atoms with E-state index in [-0.39, 0.29) is 11.8 Å². The molecule has 0 bridgehead atoms. The van der Waals surface area contributed by atoms with Crippen LogP contribution in [0.1, 0.15) is 28.4 Å². The Morgan fingerprint density at radius 1 is 1.16 bits per heavy atom. The minimum atomic E-state index is 0.0116. The van der Waals surface area contributed by atoms with Gasteiger partial charge in [0.1, 0.15) is 5.75 Å². The zero-order valence-corrected chi connectivity index (χ0v) is 10.7. The van der Waals surface area contributed by atoms with Gasteiger partial charge in [-0.25, -0.2) is 0 Å². The fraction of sp³-hybridized carbons (Fsp3) is 0.188. The highest BCUT2D eigenvalue weighted by atomic mass is 16.5. The highest BCUT2D eigenvalue weighted by Crippen LogP contribution is 2.33. The first kappa shape index (κ1) is 11.8. The number of benzene rings is 2. The molecule has 0 radical (unpaired) electrons. The van der Waals surface area contributed by atoms with Crippen LogP contribution in [0.3, 0.4) is 0 Å². The third kappa shape index (κ3) is 2.19. The number of ether oxygens (including phenoxy) is 1. The Labute approximate surface area is 112 Å². The molecule has 2 aromatic carbocycles. The number of para-hydroxylation sites is 1. The third-order valence-electron chi connectivity index (χ3n) is 3.44. The molecular weight excluding hydrogens is 238 g/mol. The van der Waals surface area contributed by atoms with Crippen molar-refractivity contribution in [1.82, 2.24) is 0 Å². The van der Waals surface area contributed by atoms with Crippen LogP contribution in [0.2, 0.25) is 0 Å². The number of anilines is 1. The zero-order valence-electron chi connectivity index (χ0n) is 10.7. The molecule has 0 unspecified atom stereocenters. The second-order valence-electron chi connectivity index (χ2n) is 4.65. The van der Waals surface area contributed by atoms with Crippen molar-refractivity contribution in [3.8, 4) is 5.75 Å². The van der Waals surface area contributed by atoms with Crippen LogP contribution in [-0.4, -0.2) is 12.9 Å². The molecule has 0 aliphatic carbocycles. The molecule has 3 heteroatoms. The lowest BCUT2D eigenvalue weighted by Gasteiger charge is -2.26. The van der Waals surface area contributed by atoms with Crippen LogP contribution in [0, 0.1) is 0 Å². The van der Waals surface area contributed by atoms with Crippen molar-refractivity contribution in [2.24, 2.45) is 0 Å². The van der Waals surface area contributed by atoms with E-state index < -0.39 is 0 Å². The van der Waals surface area contributed by atoms with Gasteiger partial charge < -0.3 is 10.1 Å². The Kier molecular flexibility index (Phi) is 2.95. The minimum Gasteiger partial charge on any atom is -0.497 e. The molecule has 0 fully saturated rings. The average Bonchev–Trinajstić information content (AvgIpc) is 2.47. The molecule has 3 rings (SSSR count). The predicted octanol–water partition coefficient (Wildman–Crippen LogP) is 3.43. The van der Waals surface area contributed by atoms with E-state index >= 15 is 0 Å². The van der Waals surface area contributed by atoms with E-state index in [0.717, 1.165) is 22.6 Å². The Morgan fingerprint density at radius 3 is 2.84 bits per heavy atom. The van der Waals surface area contributed by atoms with Crippen LogP contribution in [0.25, 0.3) is 0 Å². The number of carbonyl (C=O) groups is 1. The second-order valence-corrected chi connectivity index (χ2v) is 4.65. The molecule has 0 saturated carbocycles. The number of carbonyl (C=O) groups excluding carboxylic acids is 1. The maximum atomic E-state index is 12.2. The molecule has 0 saturated heterocycles. The van der Waals surface area contributed by atoms with Gasteiger partial charge in [0.25, 0.3) is 0 Å². The first-order valence-electron chi connectivity index (χ1n) is 6.30. The van der Waals surface area contributed by atoms with Gasteiger partial charge >= 0.3 is 0 Å². The first-order valence-corrected chi connectivity index (χ1v) is 6.30. The number of hydrogen-bond donors (Lipinski definition) is 1. The van der Waals surface area contributed by atoms with Crippen molar-refractivity contribution >= 4 is 11.5 Å². The molecule has 0 spiro atoms. The van der Waals surface area contributed by atoms with Gasteiger partial charge in [0.05, 0.1) is 13.2 Å². The number of ketones is 1. The fourth-order valence-corrected chi connectivity index (χ4v) is 2.45. The number of nitrogens with one attached hydrogen (secondary N) is 1. The normalized spacial score (nSPS) is 17.5. The molecular formula is C16H15NO2. The van der Waals surface area contributed by atoms with E-state index in [1.807, 2.05) is 48.5 Å². The van der Waals surface area contributed by atoms with Crippen molar-refractivity contribution in [3.05, 3.63) is 59.7 Å². The van der Waals surface area contributed by atoms with Gasteiger partial charge in [-0.05, 0) is 29.8 Å². The molecule has 2 aromatic rings. The Balaban J connectivity index is 1.94. The smallest absolute Gasteiger partial charge is 0.167 e. The Morgan fingerprint density at radius 2 is 2.00 bits per heavy atom. The summed E-state index contributed by atoms with van der Waals surface area (Å²) >= 11 is 0. The third-order valence-corrected chi connectivity index (χ3v) is 3.44. The highest BCUT2D eigenvalue weighted by Gasteiger charge is 2.25. The largest absolute Gasteiger partial charge is 0.497 e. The quantitative estimate of drug-likeness (QED) is 0.891. The van der Waals surface area contributed by atoms with Crippen molar-refractivity contribution in [2.75, 3.05) is 12.4 Å². The van der Waals surface area contributed by atoms with E-state index in [1.165, 1.54) is 0 Å². The lowest BCUT2D eigenvalue weighted by atomic mass is 9.92. The van der Waals surface area contributed by atoms with E-state index in [9.17, 15) is 4.79 Å². The summed E-state index contributed by atoms with van der Waals surface area (Å²) in [6, 6.07) is 15.5. The van der Waals surface area contributed by atoms with Gasteiger partial charge in [-0.3, -0.25) is 4.79 Å². The minimum absolute atomic E-state index is 0.0116. The monoisotopic (exact) mass is 253 g/mol. The molecule has 19 heavy (non-hydrogen) atoms. The van der Waals surface area contributed by atoms with Crippen molar-refractivity contribution in [1.29, 1.82) is 0 Å². The topological polar surface area (TPSA) is 38.3 Å². The van der Waals surface area contributed by atoms with Crippen LogP contribution in [0.5, 0.6) is 5.75 Å². The van der Waals surface area contributed by atoms with E-state index in [0.29, 0.717) is 6.42 Å². The van der Waals surface area contributed by atoms with Crippen LogP contribution in [0.15, 0.2) is 48.5 Å². The summed E-state index contributed by atoms with van der Waals surface area (Å²) in [6.07, 6.45) is 0.476. The van der Waals surface area contributed by atoms with E-state index in [1.54, 1.807) is 7.11 Å². The van der Waals surface area contributed by atoms with Gasteiger partial charge in [0.2, 0.25) is 0 Å². The Hall–Kier alpha value is -2.29. The van der Waals surface area contributed by atoms with E-state index in [4.69, 9.17) is 4.74 Å². The summed E-state index contributed by atoms with van der Waals surface area (Å²) in [5.74, 6) is 0.993. The van der Waals surface area contributed by atoms with Crippen LogP contribution in [0.4, 0.5) is 5.69 Å². The van der Waals surface area contributed by atoms with Gasteiger partial charge in [0.15, 0.2) is 5.78 Å². The maximum Gasteiger partial charge on any atom is 0.167 e. The summed E-state index contributed by atoms with van der Waals surface area (Å²) in [7, 11) is 1.65. The van der Waals surface area contributed by atoms with Gasteiger partial charge in [0, 0.05) is 17.7 Å². The van der Waals surface area contributed by atoms with Gasteiger partial charge in [-0.2, -0.15) is 0 Å². The second kappa shape index (κ2) is 4.76. The number of hydrogen-bond acceptors (Lipinski definition) is 3. The van der Waals surface area contributed by atoms with Crippen LogP contribution >= 0.6 is 0 Å². The number of methoxy groups -OCH3 is 1. The first-order chi connectivity index (χ1) is 9.28. The van der Waals surface area contributed by atoms with Crippen LogP contribution < -0.4 is 10.1 Å². The molecule has 1 aliphatic heterocycles. The summed E-state index contributed by atoms with van der Waals surface area (Å²) in [4.78, 5) is 12.2. The molecule has 1 aliphatic rings. The van der Waals surface area contributed by atoms with Gasteiger partial charge in [-0.1, -0.05) is 24.3 Å². The number of Topliss-reactive ketones (excluding diaryl/α,β-unsaturated/α-hetero) is 1. The molecule has 1 atom stereocenters. The molecule has 3 nitrogen and oxygen atoms in total. The fourth-order valence-electron chi connectivity index (χ4n) is 2.45. The molecule has 1 heterocycles. The molecule has 96 valence electrons. The van der Waals surface area contributed by atoms with Crippen LogP contribution in [-0.2, 0) is 0 Å². The highest BCUT2D eigenvalue weighted by molar-refractivity contribution is 6.03. The lowest BCUT2D eigenvalue weighted by molar-refractivity contribution is 0.0972. The predicted molar refractivity (Wildman–Crippen MR) is 74.7 cm³/mol. The Bertz CT molecular complexity index is 622. The van der Waals surface area contributed by atoms with Crippen molar-refractivity contribution in [3.63, 3.8) is 0 Å². The summed E-state index contributed by atoms with van der Waals surface area (Å²) in [6.45, 7) is 0. The summed E-state index contributed by atoms with van der Waals surface area (Å²) < 4.78 is 5.23. The number of fused-ring (bicyclic) bond motifs is 1. The molecule has 0 amide bonds. The van der Waals surface area contributed by atoms with Crippen molar-refractivity contribution in [2.45, 2.75) is 12.5 Å². The maximum absolute atomic E-state index is 12.2. The lowest BCUT2D eigenvalue weighted by Crippen LogP contribution is -2.22. The SMILES string of the molecule is COc1cccc([C@@H]2CC(=O)c3ccccc3N2)c1.